The van der Waals surface area contributed by atoms with E-state index >= 15 is 0 Å². The van der Waals surface area contributed by atoms with Crippen LogP contribution < -0.4 is 5.32 Å². The van der Waals surface area contributed by atoms with Crippen molar-refractivity contribution in [1.82, 2.24) is 10.2 Å². The van der Waals surface area contributed by atoms with E-state index in [2.05, 4.69) is 5.32 Å². The second kappa shape index (κ2) is 3.76. The van der Waals surface area contributed by atoms with Gasteiger partial charge in [-0.05, 0) is 19.1 Å². The van der Waals surface area contributed by atoms with Crippen LogP contribution in [0.5, 0.6) is 0 Å². The molecular formula is C10H12N2O3. The van der Waals surface area contributed by atoms with Crippen LogP contribution in [0.1, 0.15) is 12.7 Å². The molecule has 0 saturated carbocycles. The SMILES string of the molecule is CC(Cc1ccco1)N1CC(=O)NC1=O. The smallest absolute Gasteiger partial charge is 0.324 e. The molecule has 0 aromatic carbocycles. The molecule has 1 unspecified atom stereocenters. The van der Waals surface area contributed by atoms with Gasteiger partial charge >= 0.3 is 6.03 Å². The summed E-state index contributed by atoms with van der Waals surface area (Å²) in [5.74, 6) is 0.570. The lowest BCUT2D eigenvalue weighted by molar-refractivity contribution is -0.118. The Morgan fingerprint density at radius 1 is 1.60 bits per heavy atom. The Morgan fingerprint density at radius 2 is 2.40 bits per heavy atom. The van der Waals surface area contributed by atoms with Crippen molar-refractivity contribution in [2.24, 2.45) is 0 Å². The molecule has 2 rings (SSSR count). The molecule has 80 valence electrons. The minimum atomic E-state index is -0.320. The molecule has 3 amide bonds. The molecule has 15 heavy (non-hydrogen) atoms. The van der Waals surface area contributed by atoms with Crippen molar-refractivity contribution in [2.75, 3.05) is 6.54 Å². The lowest BCUT2D eigenvalue weighted by Crippen LogP contribution is -2.37. The molecule has 1 aromatic rings. The molecule has 0 bridgehead atoms. The maximum atomic E-state index is 11.3. The topological polar surface area (TPSA) is 62.6 Å². The average molecular weight is 208 g/mol. The fraction of sp³-hybridized carbons (Fsp3) is 0.400. The average Bonchev–Trinajstić information content (AvgIpc) is 2.75. The number of nitrogens with zero attached hydrogens (tertiary/aromatic N) is 1. The third-order valence-corrected chi connectivity index (χ3v) is 2.43. The number of urea groups is 1. The molecule has 0 aliphatic carbocycles. The van der Waals surface area contributed by atoms with Gasteiger partial charge in [0.2, 0.25) is 5.91 Å². The van der Waals surface area contributed by atoms with Gasteiger partial charge in [-0.3, -0.25) is 10.1 Å². The van der Waals surface area contributed by atoms with Gasteiger partial charge in [0.25, 0.3) is 0 Å². The van der Waals surface area contributed by atoms with E-state index in [1.165, 1.54) is 4.90 Å². The summed E-state index contributed by atoms with van der Waals surface area (Å²) >= 11 is 0. The molecule has 0 radical (unpaired) electrons. The van der Waals surface area contributed by atoms with Gasteiger partial charge in [-0.2, -0.15) is 0 Å². The summed E-state index contributed by atoms with van der Waals surface area (Å²) in [5, 5.41) is 2.24. The van der Waals surface area contributed by atoms with E-state index in [9.17, 15) is 9.59 Å². The number of hydrogen-bond acceptors (Lipinski definition) is 3. The number of rotatable bonds is 3. The van der Waals surface area contributed by atoms with Crippen molar-refractivity contribution in [1.29, 1.82) is 0 Å². The van der Waals surface area contributed by atoms with Crippen LogP contribution in [0.25, 0.3) is 0 Å². The van der Waals surface area contributed by atoms with Crippen LogP contribution in [0.4, 0.5) is 4.79 Å². The monoisotopic (exact) mass is 208 g/mol. The summed E-state index contributed by atoms with van der Waals surface area (Å²) in [4.78, 5) is 23.8. The van der Waals surface area contributed by atoms with Crippen LogP contribution in [0, 0.1) is 0 Å². The Balaban J connectivity index is 1.99. The summed E-state index contributed by atoms with van der Waals surface area (Å²) in [6, 6.07) is 3.30. The minimum absolute atomic E-state index is 0.0393. The number of amides is 3. The van der Waals surface area contributed by atoms with Crippen LogP contribution in [-0.2, 0) is 11.2 Å². The number of hydrogen-bond donors (Lipinski definition) is 1. The highest BCUT2D eigenvalue weighted by Gasteiger charge is 2.30. The summed E-state index contributed by atoms with van der Waals surface area (Å²) in [7, 11) is 0. The number of imide groups is 1. The van der Waals surface area contributed by atoms with E-state index < -0.39 is 0 Å². The maximum absolute atomic E-state index is 11.3. The normalized spacial score (nSPS) is 18.1. The van der Waals surface area contributed by atoms with Gasteiger partial charge in [0.15, 0.2) is 0 Å². The Labute approximate surface area is 87.0 Å². The first-order valence-corrected chi connectivity index (χ1v) is 4.79. The summed E-state index contributed by atoms with van der Waals surface area (Å²) in [6.45, 7) is 2.03. The van der Waals surface area contributed by atoms with Crippen molar-refractivity contribution < 1.29 is 14.0 Å². The zero-order chi connectivity index (χ0) is 10.8. The molecular weight excluding hydrogens is 196 g/mol. The van der Waals surface area contributed by atoms with E-state index in [4.69, 9.17) is 4.42 Å². The molecule has 1 atom stereocenters. The Morgan fingerprint density at radius 3 is 2.93 bits per heavy atom. The van der Waals surface area contributed by atoms with E-state index in [-0.39, 0.29) is 24.5 Å². The van der Waals surface area contributed by atoms with Crippen LogP contribution in [0.3, 0.4) is 0 Å². The van der Waals surface area contributed by atoms with Crippen molar-refractivity contribution in [2.45, 2.75) is 19.4 Å². The standard InChI is InChI=1S/C10H12N2O3/c1-7(5-8-3-2-4-15-8)12-6-9(13)11-10(12)14/h2-4,7H,5-6H2,1H3,(H,11,13,14). The van der Waals surface area contributed by atoms with Gasteiger partial charge < -0.3 is 9.32 Å². The first-order valence-electron chi connectivity index (χ1n) is 4.79. The van der Waals surface area contributed by atoms with Crippen molar-refractivity contribution in [3.63, 3.8) is 0 Å². The Kier molecular flexibility index (Phi) is 2.45. The summed E-state index contributed by atoms with van der Waals surface area (Å²) in [6.07, 6.45) is 2.21. The fourth-order valence-electron chi connectivity index (χ4n) is 1.64. The third kappa shape index (κ3) is 2.01. The van der Waals surface area contributed by atoms with Gasteiger partial charge in [0.1, 0.15) is 12.3 Å². The predicted octanol–water partition coefficient (Wildman–Crippen LogP) is 0.762. The molecule has 5 nitrogen and oxygen atoms in total. The van der Waals surface area contributed by atoms with Crippen LogP contribution in [0.2, 0.25) is 0 Å². The molecule has 5 heteroatoms. The van der Waals surface area contributed by atoms with Crippen molar-refractivity contribution in [3.8, 4) is 0 Å². The Bertz CT molecular complexity index is 372. The van der Waals surface area contributed by atoms with Crippen LogP contribution in [0.15, 0.2) is 22.8 Å². The molecule has 1 N–H and O–H groups in total. The lowest BCUT2D eigenvalue weighted by Gasteiger charge is -2.20. The molecule has 1 saturated heterocycles. The largest absolute Gasteiger partial charge is 0.469 e. The van der Waals surface area contributed by atoms with Gasteiger partial charge in [0, 0.05) is 12.5 Å². The van der Waals surface area contributed by atoms with Gasteiger partial charge in [-0.25, -0.2) is 4.79 Å². The van der Waals surface area contributed by atoms with Crippen molar-refractivity contribution in [3.05, 3.63) is 24.2 Å². The van der Waals surface area contributed by atoms with E-state index in [0.29, 0.717) is 6.42 Å². The molecule has 2 heterocycles. The molecule has 1 aromatic heterocycles. The molecule has 1 aliphatic heterocycles. The summed E-state index contributed by atoms with van der Waals surface area (Å²) in [5.41, 5.74) is 0. The quantitative estimate of drug-likeness (QED) is 0.746. The minimum Gasteiger partial charge on any atom is -0.469 e. The highest BCUT2D eigenvalue weighted by molar-refractivity contribution is 6.02. The second-order valence-electron chi connectivity index (χ2n) is 3.61. The highest BCUT2D eigenvalue weighted by atomic mass is 16.3. The maximum Gasteiger partial charge on any atom is 0.324 e. The number of furan rings is 1. The van der Waals surface area contributed by atoms with Gasteiger partial charge in [-0.1, -0.05) is 0 Å². The zero-order valence-electron chi connectivity index (χ0n) is 8.40. The van der Waals surface area contributed by atoms with E-state index in [1.54, 1.807) is 12.3 Å². The molecule has 1 fully saturated rings. The zero-order valence-corrected chi connectivity index (χ0v) is 8.40. The van der Waals surface area contributed by atoms with Crippen LogP contribution in [-0.4, -0.2) is 29.4 Å². The first kappa shape index (κ1) is 9.76. The first-order chi connectivity index (χ1) is 7.16. The lowest BCUT2D eigenvalue weighted by atomic mass is 10.2. The number of nitrogens with one attached hydrogen (secondary N) is 1. The molecule has 0 spiro atoms. The highest BCUT2D eigenvalue weighted by Crippen LogP contribution is 2.11. The second-order valence-corrected chi connectivity index (χ2v) is 3.61. The third-order valence-electron chi connectivity index (χ3n) is 2.43. The molecule has 1 aliphatic rings. The van der Waals surface area contributed by atoms with Gasteiger partial charge in [0.05, 0.1) is 6.26 Å². The number of carbonyl (C=O) groups excluding carboxylic acids is 2. The predicted molar refractivity (Wildman–Crippen MR) is 52.1 cm³/mol. The van der Waals surface area contributed by atoms with Crippen molar-refractivity contribution >= 4 is 11.9 Å². The van der Waals surface area contributed by atoms with Crippen LogP contribution >= 0.6 is 0 Å². The van der Waals surface area contributed by atoms with Gasteiger partial charge in [-0.15, -0.1) is 0 Å². The fourth-order valence-corrected chi connectivity index (χ4v) is 1.64. The van der Waals surface area contributed by atoms with E-state index in [1.807, 2.05) is 13.0 Å². The number of carbonyl (C=O) groups is 2. The summed E-state index contributed by atoms with van der Waals surface area (Å²) < 4.78 is 5.18. The van der Waals surface area contributed by atoms with E-state index in [0.717, 1.165) is 5.76 Å². The Hall–Kier alpha value is -1.78.